The van der Waals surface area contributed by atoms with Crippen LogP contribution in [0.4, 0.5) is 4.79 Å². The molecule has 0 saturated carbocycles. The van der Waals surface area contributed by atoms with E-state index in [0.29, 0.717) is 13.0 Å². The topological polar surface area (TPSA) is 81.9 Å². The van der Waals surface area contributed by atoms with Crippen LogP contribution in [0.3, 0.4) is 0 Å². The monoisotopic (exact) mass is 272 g/mol. The number of nitrogens with zero attached hydrogens (tertiary/aromatic N) is 1. The first-order valence-electron chi connectivity index (χ1n) is 6.42. The van der Waals surface area contributed by atoms with E-state index in [2.05, 4.69) is 0 Å². The minimum absolute atomic E-state index is 0.218. The van der Waals surface area contributed by atoms with Crippen LogP contribution in [0.2, 0.25) is 0 Å². The number of hydrogen-bond donors (Lipinski definition) is 1. The molecule has 6 heteroatoms. The van der Waals surface area contributed by atoms with Crippen LogP contribution in [0, 0.1) is 5.41 Å². The molecule has 0 aromatic carbocycles. The molecule has 1 aliphatic heterocycles. The first kappa shape index (κ1) is 15.8. The fourth-order valence-corrected chi connectivity index (χ4v) is 2.14. The van der Waals surface area contributed by atoms with Gasteiger partial charge in [-0.15, -0.1) is 0 Å². The molecule has 1 amide bonds. The molecular formula is C13H24N2O4. The van der Waals surface area contributed by atoms with Crippen LogP contribution >= 0.6 is 0 Å². The second-order valence-electron chi connectivity index (χ2n) is 6.21. The minimum Gasteiger partial charge on any atom is -0.469 e. The van der Waals surface area contributed by atoms with Crippen molar-refractivity contribution in [2.45, 2.75) is 45.8 Å². The Morgan fingerprint density at radius 1 is 1.37 bits per heavy atom. The summed E-state index contributed by atoms with van der Waals surface area (Å²) in [7, 11) is 1.33. The highest BCUT2D eigenvalue weighted by Gasteiger charge is 2.46. The van der Waals surface area contributed by atoms with Gasteiger partial charge in [-0.25, -0.2) is 4.79 Å². The van der Waals surface area contributed by atoms with Crippen molar-refractivity contribution in [3.05, 3.63) is 0 Å². The molecule has 0 bridgehead atoms. The molecule has 0 aromatic heterocycles. The van der Waals surface area contributed by atoms with Crippen LogP contribution in [0.5, 0.6) is 0 Å². The summed E-state index contributed by atoms with van der Waals surface area (Å²) in [6.45, 7) is 7.85. The van der Waals surface area contributed by atoms with E-state index in [1.54, 1.807) is 27.7 Å². The first-order chi connectivity index (χ1) is 8.60. The summed E-state index contributed by atoms with van der Waals surface area (Å²) in [5, 5.41) is 0. The third-order valence-electron chi connectivity index (χ3n) is 3.35. The second-order valence-corrected chi connectivity index (χ2v) is 6.21. The van der Waals surface area contributed by atoms with Crippen molar-refractivity contribution in [1.29, 1.82) is 0 Å². The van der Waals surface area contributed by atoms with Gasteiger partial charge in [-0.05, 0) is 34.1 Å². The molecule has 0 aromatic rings. The molecule has 1 aliphatic rings. The molecule has 1 saturated heterocycles. The Kier molecular flexibility index (Phi) is 4.45. The van der Waals surface area contributed by atoms with Crippen molar-refractivity contribution >= 4 is 12.1 Å². The van der Waals surface area contributed by atoms with E-state index in [1.807, 2.05) is 0 Å². The number of esters is 1. The van der Waals surface area contributed by atoms with E-state index in [1.165, 1.54) is 12.0 Å². The summed E-state index contributed by atoms with van der Waals surface area (Å²) in [5.41, 5.74) is 4.56. The van der Waals surface area contributed by atoms with E-state index < -0.39 is 23.1 Å². The summed E-state index contributed by atoms with van der Waals surface area (Å²) < 4.78 is 10.1. The number of nitrogens with two attached hydrogens (primary N) is 1. The average Bonchev–Trinajstić information content (AvgIpc) is 2.29. The van der Waals surface area contributed by atoms with E-state index in [0.717, 1.165) is 0 Å². The second kappa shape index (κ2) is 5.36. The third-order valence-corrected chi connectivity index (χ3v) is 3.35. The van der Waals surface area contributed by atoms with Crippen LogP contribution in [0.15, 0.2) is 0 Å². The van der Waals surface area contributed by atoms with Crippen molar-refractivity contribution < 1.29 is 19.1 Å². The van der Waals surface area contributed by atoms with Gasteiger partial charge >= 0.3 is 12.1 Å². The molecule has 2 N–H and O–H groups in total. The number of carbonyl (C=O) groups excluding carboxylic acids is 2. The number of hydrogen-bond acceptors (Lipinski definition) is 5. The number of piperidine rings is 1. The Hall–Kier alpha value is -1.30. The number of likely N-dealkylation sites (tertiary alicyclic amines) is 1. The van der Waals surface area contributed by atoms with Crippen molar-refractivity contribution in [3.8, 4) is 0 Å². The summed E-state index contributed by atoms with van der Waals surface area (Å²) >= 11 is 0. The zero-order chi connectivity index (χ0) is 14.8. The van der Waals surface area contributed by atoms with Crippen LogP contribution in [-0.2, 0) is 14.3 Å². The van der Waals surface area contributed by atoms with E-state index >= 15 is 0 Å². The zero-order valence-electron chi connectivity index (χ0n) is 12.4. The van der Waals surface area contributed by atoms with Gasteiger partial charge in [0, 0.05) is 19.1 Å². The maximum Gasteiger partial charge on any atom is 0.410 e. The van der Waals surface area contributed by atoms with E-state index in [-0.39, 0.29) is 12.6 Å². The molecule has 0 spiro atoms. The van der Waals surface area contributed by atoms with Crippen molar-refractivity contribution in [1.82, 2.24) is 4.90 Å². The highest BCUT2D eigenvalue weighted by atomic mass is 16.6. The van der Waals surface area contributed by atoms with Gasteiger partial charge in [0.25, 0.3) is 0 Å². The van der Waals surface area contributed by atoms with Crippen molar-refractivity contribution in [2.75, 3.05) is 20.2 Å². The van der Waals surface area contributed by atoms with Gasteiger partial charge in [0.1, 0.15) is 5.60 Å². The summed E-state index contributed by atoms with van der Waals surface area (Å²) in [6.07, 6.45) is 0.125. The smallest absolute Gasteiger partial charge is 0.410 e. The van der Waals surface area contributed by atoms with Gasteiger partial charge in [-0.3, -0.25) is 4.79 Å². The van der Waals surface area contributed by atoms with Gasteiger partial charge in [-0.1, -0.05) is 0 Å². The summed E-state index contributed by atoms with van der Waals surface area (Å²) in [4.78, 5) is 25.4. The lowest BCUT2D eigenvalue weighted by molar-refractivity contribution is -0.155. The predicted molar refractivity (Wildman–Crippen MR) is 70.5 cm³/mol. The standard InChI is InChI=1S/C13H24N2O4/c1-12(2,3)19-11(17)15-7-6-9(14)13(4,8-15)10(16)18-5/h9H,6-8,14H2,1-5H3. The van der Waals surface area contributed by atoms with Gasteiger partial charge < -0.3 is 20.1 Å². The maximum atomic E-state index is 12.0. The van der Waals surface area contributed by atoms with Gasteiger partial charge in [0.05, 0.1) is 12.5 Å². The van der Waals surface area contributed by atoms with Crippen LogP contribution < -0.4 is 5.73 Å². The first-order valence-corrected chi connectivity index (χ1v) is 6.42. The lowest BCUT2D eigenvalue weighted by Crippen LogP contribution is -2.59. The van der Waals surface area contributed by atoms with Gasteiger partial charge in [0.15, 0.2) is 0 Å². The van der Waals surface area contributed by atoms with Crippen LogP contribution in [-0.4, -0.2) is 48.8 Å². The van der Waals surface area contributed by atoms with Crippen molar-refractivity contribution in [2.24, 2.45) is 11.1 Å². The third kappa shape index (κ3) is 3.59. The fourth-order valence-electron chi connectivity index (χ4n) is 2.14. The Balaban J connectivity index is 2.80. The molecule has 6 nitrogen and oxygen atoms in total. The normalized spacial score (nSPS) is 27.9. The summed E-state index contributed by atoms with van der Waals surface area (Å²) in [6, 6.07) is -0.321. The Morgan fingerprint density at radius 2 is 1.95 bits per heavy atom. The number of ether oxygens (including phenoxy) is 2. The lowest BCUT2D eigenvalue weighted by Gasteiger charge is -2.42. The highest BCUT2D eigenvalue weighted by molar-refractivity contribution is 5.79. The average molecular weight is 272 g/mol. The molecule has 2 atom stereocenters. The van der Waals surface area contributed by atoms with Crippen LogP contribution in [0.1, 0.15) is 34.1 Å². The van der Waals surface area contributed by atoms with Gasteiger partial charge in [-0.2, -0.15) is 0 Å². The van der Waals surface area contributed by atoms with Gasteiger partial charge in [0.2, 0.25) is 0 Å². The molecule has 19 heavy (non-hydrogen) atoms. The highest BCUT2D eigenvalue weighted by Crippen LogP contribution is 2.30. The number of rotatable bonds is 1. The molecule has 0 aliphatic carbocycles. The Labute approximate surface area is 114 Å². The summed E-state index contributed by atoms with van der Waals surface area (Å²) in [5.74, 6) is -0.395. The Morgan fingerprint density at radius 3 is 2.42 bits per heavy atom. The van der Waals surface area contributed by atoms with Crippen LogP contribution in [0.25, 0.3) is 0 Å². The molecule has 1 fully saturated rings. The quantitative estimate of drug-likeness (QED) is 0.724. The molecule has 2 unspecified atom stereocenters. The molecule has 0 radical (unpaired) electrons. The largest absolute Gasteiger partial charge is 0.469 e. The molecule has 1 rings (SSSR count). The molecular weight excluding hydrogens is 248 g/mol. The number of carbonyl (C=O) groups is 2. The predicted octanol–water partition coefficient (Wildman–Crippen LogP) is 1.13. The number of amides is 1. The van der Waals surface area contributed by atoms with Crippen molar-refractivity contribution in [3.63, 3.8) is 0 Å². The lowest BCUT2D eigenvalue weighted by atomic mass is 9.78. The SMILES string of the molecule is COC(=O)C1(C)CN(C(=O)OC(C)(C)C)CCC1N. The Bertz CT molecular complexity index is 364. The zero-order valence-corrected chi connectivity index (χ0v) is 12.4. The molecule has 1 heterocycles. The minimum atomic E-state index is -0.885. The fraction of sp³-hybridized carbons (Fsp3) is 0.846. The number of methoxy groups -OCH3 is 1. The molecule has 110 valence electrons. The van der Waals surface area contributed by atoms with E-state index in [4.69, 9.17) is 15.2 Å². The maximum absolute atomic E-state index is 12.0. The van der Waals surface area contributed by atoms with E-state index in [9.17, 15) is 9.59 Å².